The first-order valence-electron chi connectivity index (χ1n) is 37.1. The van der Waals surface area contributed by atoms with Crippen molar-refractivity contribution >= 4 is 29.6 Å². The largest absolute Gasteiger partial charge is 0.477 e. The Morgan fingerprint density at radius 1 is 0.368 bits per heavy atom. The van der Waals surface area contributed by atoms with Crippen molar-refractivity contribution < 1.29 is 237 Å². The summed E-state index contributed by atoms with van der Waals surface area (Å²) in [6.45, 7) is -3.95. The summed E-state index contributed by atoms with van der Waals surface area (Å²) in [7, 11) is 0. The number of carbonyl (C=O) groups is 5. The highest BCUT2D eigenvalue weighted by Crippen LogP contribution is 2.42. The van der Waals surface area contributed by atoms with Gasteiger partial charge in [0.25, 0.3) is 5.79 Å². The van der Waals surface area contributed by atoms with Crippen LogP contribution in [0.15, 0.2) is 0 Å². The Balaban J connectivity index is 1.00. The van der Waals surface area contributed by atoms with E-state index < -0.39 is 371 Å². The summed E-state index contributed by atoms with van der Waals surface area (Å²) in [5.41, 5.74) is 0. The summed E-state index contributed by atoms with van der Waals surface area (Å²) in [6, 6.07) is -7.54. The molecule has 0 aromatic heterocycles. The highest BCUT2D eigenvalue weighted by atomic mass is 16.8. The van der Waals surface area contributed by atoms with Gasteiger partial charge in [-0.15, -0.1) is 0 Å². The summed E-state index contributed by atoms with van der Waals surface area (Å²) in [5, 5.41) is 298. The molecule has 52 nitrogen and oxygen atoms in total. The van der Waals surface area contributed by atoms with Crippen LogP contribution in [-0.4, -0.2) is 497 Å². The fraction of sp³-hybridized carbons (Fsp3) is 0.923. The van der Waals surface area contributed by atoms with Gasteiger partial charge < -0.3 is 235 Å². The third-order valence-corrected chi connectivity index (χ3v) is 21.3. The predicted molar refractivity (Wildman–Crippen MR) is 359 cm³/mol. The molecule has 9 aliphatic rings. The Morgan fingerprint density at radius 2 is 0.744 bits per heavy atom. The van der Waals surface area contributed by atoms with E-state index in [0.29, 0.717) is 0 Å². The van der Waals surface area contributed by atoms with Crippen LogP contribution in [0.25, 0.3) is 0 Å². The van der Waals surface area contributed by atoms with Crippen molar-refractivity contribution in [1.29, 1.82) is 0 Å². The molecule has 9 aliphatic heterocycles. The van der Waals surface area contributed by atoms with Gasteiger partial charge in [-0.25, -0.2) is 4.79 Å². The maximum atomic E-state index is 13.2. The summed E-state index contributed by atoms with van der Waals surface area (Å²) < 4.78 is 99.9. The average molecular weight is 1710 g/mol. The molecule has 0 unspecified atom stereocenters. The van der Waals surface area contributed by atoms with Crippen LogP contribution in [0.1, 0.15) is 41.0 Å². The molecule has 117 heavy (non-hydrogen) atoms. The second kappa shape index (κ2) is 41.4. The minimum Gasteiger partial charge on any atom is -0.477 e. The zero-order valence-electron chi connectivity index (χ0n) is 63.0. The van der Waals surface area contributed by atoms with Crippen LogP contribution in [-0.2, 0) is 104 Å². The fourth-order valence-electron chi connectivity index (χ4n) is 15.0. The number of hydrogen-bond acceptors (Lipinski definition) is 47. The number of nitrogens with one attached hydrogen (secondary N) is 4. The summed E-state index contributed by atoms with van der Waals surface area (Å²) in [4.78, 5) is 64.1. The first kappa shape index (κ1) is 96.5. The van der Waals surface area contributed by atoms with Gasteiger partial charge in [0.05, 0.1) is 71.1 Å². The molecule has 9 rings (SSSR count). The van der Waals surface area contributed by atoms with Crippen molar-refractivity contribution in [2.75, 3.05) is 52.9 Å². The number of carboxylic acids is 1. The van der Waals surface area contributed by atoms with E-state index in [1.807, 2.05) is 0 Å². The molecule has 0 aromatic rings. The molecule has 0 radical (unpaired) electrons. The lowest BCUT2D eigenvalue weighted by molar-refractivity contribution is -0.400. The van der Waals surface area contributed by atoms with E-state index in [2.05, 4.69) is 21.3 Å². The number of aliphatic carboxylic acids is 1. The highest BCUT2D eigenvalue weighted by Gasteiger charge is 2.63. The molecule has 0 saturated carbocycles. The van der Waals surface area contributed by atoms with E-state index in [4.69, 9.17) is 80.5 Å². The molecule has 9 saturated heterocycles. The molecule has 52 heteroatoms. The van der Waals surface area contributed by atoms with Gasteiger partial charge in [0, 0.05) is 34.1 Å². The minimum absolute atomic E-state index is 0.829. The summed E-state index contributed by atoms with van der Waals surface area (Å²) >= 11 is 0. The van der Waals surface area contributed by atoms with Gasteiger partial charge >= 0.3 is 5.97 Å². The zero-order valence-corrected chi connectivity index (χ0v) is 63.0. The van der Waals surface area contributed by atoms with Crippen LogP contribution in [0.2, 0.25) is 0 Å². The molecule has 0 aromatic carbocycles. The smallest absolute Gasteiger partial charge is 0.364 e. The van der Waals surface area contributed by atoms with Crippen LogP contribution in [0.5, 0.6) is 0 Å². The molecule has 46 atom stereocenters. The lowest BCUT2D eigenvalue weighted by Gasteiger charge is -2.51. The first-order chi connectivity index (χ1) is 55.1. The van der Waals surface area contributed by atoms with Crippen molar-refractivity contribution in [3.63, 3.8) is 0 Å². The molecule has 676 valence electrons. The third kappa shape index (κ3) is 21.4. The molecule has 0 spiro atoms. The fourth-order valence-corrected chi connectivity index (χ4v) is 15.0. The molecule has 4 amide bonds. The Labute approximate surface area is 662 Å². The van der Waals surface area contributed by atoms with Gasteiger partial charge in [-0.3, -0.25) is 19.2 Å². The predicted octanol–water partition coefficient (Wildman–Crippen LogP) is -19.8. The molecular formula is C65H108N4O48. The van der Waals surface area contributed by atoms with Gasteiger partial charge in [-0.05, 0) is 6.92 Å². The van der Waals surface area contributed by atoms with Crippen LogP contribution in [0.4, 0.5) is 0 Å². The molecule has 9 fully saturated rings. The first-order valence-corrected chi connectivity index (χ1v) is 37.1. The van der Waals surface area contributed by atoms with Crippen LogP contribution < -0.4 is 21.3 Å². The second-order valence-corrected chi connectivity index (χ2v) is 29.6. The minimum atomic E-state index is -3.30. The van der Waals surface area contributed by atoms with E-state index in [0.717, 1.165) is 27.7 Å². The van der Waals surface area contributed by atoms with E-state index in [9.17, 15) is 157 Å². The lowest BCUT2D eigenvalue weighted by atomic mass is 9.88. The van der Waals surface area contributed by atoms with Gasteiger partial charge in [-0.1, -0.05) is 0 Å². The zero-order chi connectivity index (χ0) is 86.6. The molecular weight excluding hydrogens is 1600 g/mol. The van der Waals surface area contributed by atoms with Crippen molar-refractivity contribution in [3.8, 4) is 0 Å². The monoisotopic (exact) mass is 1710 g/mol. The second-order valence-electron chi connectivity index (χ2n) is 29.6. The molecule has 9 heterocycles. The standard InChI is InChI=1S/C65H108N4O48/c1-15-33(82)42(91)45(94)59(103-15)102-14-28-51(39(88)30(56(98)104-28)67-17(3)77)111-57-31(68-18(4)78)40(89)49(25(11-74)108-57)112-61-47(96)53(38(87)27(110-61)13-101-60-46(95)43(92)35(84)22(8-71)105-60)114-63-55(44(93)36(85)23(9-72)107-63)115-58-32(69-19(5)79)41(90)50(26(12-75)109-58)113-62-48(97)54(37(86)24(10-73)106-62)117-65(64(99)100)6-20(80)29(66-16(2)76)52(116-65)34(83)21(81)7-70/h15,20-63,70-75,80-98H,6-14H2,1-5H3,(H,66,76)(H,67,77)(H,68,78)(H,69,79)(H,99,100)/t15-,20+,21-,22-,23-,24-,25-,26-,27-,28-,29-,30-,31-,32-,33+,34-,35-,36-,37+,38-,39-,40-,41-,42+,43+,44+,45-,46+,47+,48-,49-,50-,51-,52-,53+,54+,55+,56-,57+,58+,59+,60+,61+,62+,63-,65+/m1/s1. The Hall–Kier alpha value is -4.33. The number of rotatable bonds is 31. The lowest BCUT2D eigenvalue weighted by Crippen LogP contribution is -2.71. The van der Waals surface area contributed by atoms with Crippen molar-refractivity contribution in [3.05, 3.63) is 0 Å². The normalized spacial score (nSPS) is 47.9. The van der Waals surface area contributed by atoms with Gasteiger partial charge in [0.15, 0.2) is 50.3 Å². The van der Waals surface area contributed by atoms with E-state index >= 15 is 0 Å². The average Bonchev–Trinajstić information content (AvgIpc) is 0.756. The molecule has 0 bridgehead atoms. The van der Waals surface area contributed by atoms with E-state index in [1.165, 1.54) is 6.92 Å². The van der Waals surface area contributed by atoms with E-state index in [1.54, 1.807) is 0 Å². The van der Waals surface area contributed by atoms with Crippen molar-refractivity contribution in [1.82, 2.24) is 21.3 Å². The Kier molecular flexibility index (Phi) is 34.2. The maximum absolute atomic E-state index is 13.2. The number of carbonyl (C=O) groups excluding carboxylic acids is 4. The van der Waals surface area contributed by atoms with E-state index in [-0.39, 0.29) is 0 Å². The van der Waals surface area contributed by atoms with Crippen LogP contribution in [0.3, 0.4) is 0 Å². The number of ether oxygens (including phenoxy) is 17. The number of amides is 4. The Morgan fingerprint density at radius 3 is 1.24 bits per heavy atom. The topological polar surface area (TPSA) is 816 Å². The molecule has 0 aliphatic carbocycles. The van der Waals surface area contributed by atoms with Gasteiger partial charge in [0.2, 0.25) is 23.6 Å². The maximum Gasteiger partial charge on any atom is 0.364 e. The van der Waals surface area contributed by atoms with Crippen LogP contribution in [0, 0.1) is 0 Å². The van der Waals surface area contributed by atoms with Crippen molar-refractivity contribution in [2.24, 2.45) is 0 Å². The van der Waals surface area contributed by atoms with Gasteiger partial charge in [-0.2, -0.15) is 0 Å². The number of aliphatic hydroxyl groups is 25. The third-order valence-electron chi connectivity index (χ3n) is 21.3. The molecule has 30 N–H and O–H groups in total. The van der Waals surface area contributed by atoms with Crippen LogP contribution >= 0.6 is 0 Å². The Bertz CT molecular complexity index is 3190. The number of hydrogen-bond donors (Lipinski definition) is 30. The quantitative estimate of drug-likeness (QED) is 0.0306. The summed E-state index contributed by atoms with van der Waals surface area (Å²) in [6.07, 6.45) is -88.0. The number of carboxylic acid groups (broad SMARTS) is 1. The number of aliphatic hydroxyl groups excluding tert-OH is 25. The SMILES string of the molecule is CC(=O)N[C@@H]1[C@@H](O)[C@H](O[C@@H]2O[C@H](CO)[C@@H](O[C@@H]3O[C@H](CO[C@H]4O[C@H](CO)[C@@H](O)[C@H](O)[C@@H]4O)[C@@H](O)[C@H](O[C@H]4O[C@H](CO)[C@@H](O)[C@H](O)[C@@H]4O[C@@H]4O[C@H](CO)[C@@H](O[C@@H]5O[C@H](CO)[C@H](O)[C@H](O[C@]6(C(=O)O)C[C@H](O)[C@@H](NC(C)=O)[C@H]([C@H](O)[C@H](O)CO)O6)[C@H]5O)[C@H](O)[C@H]4NC(C)=O)[C@@H]3O)[C@H](O)[C@H]2NC(C)=O)[C@@H](CO[C@H]2O[C@H](C)[C@H](O)[C@H](O)[C@H]2O)O[C@H]1O. The van der Waals surface area contributed by atoms with Crippen molar-refractivity contribution in [2.45, 2.75) is 323 Å². The summed E-state index contributed by atoms with van der Waals surface area (Å²) in [5.74, 6) is -9.15. The van der Waals surface area contributed by atoms with Gasteiger partial charge in [0.1, 0.15) is 207 Å². The highest BCUT2D eigenvalue weighted by molar-refractivity contribution is 5.77.